The topological polar surface area (TPSA) is 50.8 Å². The van der Waals surface area contributed by atoms with E-state index in [9.17, 15) is 4.79 Å². The summed E-state index contributed by atoms with van der Waals surface area (Å²) in [5.74, 6) is 1.71. The minimum Gasteiger partial charge on any atom is -0.497 e. The first-order chi connectivity index (χ1) is 11.7. The van der Waals surface area contributed by atoms with Crippen LogP contribution in [0, 0.1) is 0 Å². The number of rotatable bonds is 13. The standard InChI is InChI=1S/C19H32N2O3/c1-4-21(5-2)15-7-6-14-20-19(22)9-8-16-24-18-12-10-17(23-3)11-13-18/h10-13H,4-9,14-16H2,1-3H3,(H,20,22). The number of hydrogen-bond acceptors (Lipinski definition) is 4. The van der Waals surface area contributed by atoms with Crippen molar-refractivity contribution >= 4 is 5.91 Å². The lowest BCUT2D eigenvalue weighted by molar-refractivity contribution is -0.121. The molecule has 136 valence electrons. The number of carbonyl (C=O) groups excluding carboxylic acids is 1. The molecule has 1 amide bonds. The average Bonchev–Trinajstić information content (AvgIpc) is 2.62. The maximum atomic E-state index is 11.8. The van der Waals surface area contributed by atoms with E-state index >= 15 is 0 Å². The fourth-order valence-electron chi connectivity index (χ4n) is 2.41. The molecule has 1 aromatic rings. The number of methoxy groups -OCH3 is 1. The molecule has 5 heteroatoms. The number of ether oxygens (including phenoxy) is 2. The van der Waals surface area contributed by atoms with Crippen molar-refractivity contribution in [3.05, 3.63) is 24.3 Å². The van der Waals surface area contributed by atoms with E-state index in [-0.39, 0.29) is 5.91 Å². The van der Waals surface area contributed by atoms with Crippen LogP contribution in [-0.2, 0) is 4.79 Å². The summed E-state index contributed by atoms with van der Waals surface area (Å²) < 4.78 is 10.7. The summed E-state index contributed by atoms with van der Waals surface area (Å²) in [5.41, 5.74) is 0. The van der Waals surface area contributed by atoms with Crippen LogP contribution in [0.25, 0.3) is 0 Å². The molecule has 0 aromatic heterocycles. The van der Waals surface area contributed by atoms with Gasteiger partial charge in [-0.2, -0.15) is 0 Å². The molecule has 0 heterocycles. The molecule has 24 heavy (non-hydrogen) atoms. The molecular weight excluding hydrogens is 304 g/mol. The highest BCUT2D eigenvalue weighted by Gasteiger charge is 2.02. The molecule has 0 aliphatic heterocycles. The summed E-state index contributed by atoms with van der Waals surface area (Å²) >= 11 is 0. The van der Waals surface area contributed by atoms with Gasteiger partial charge in [0.2, 0.25) is 5.91 Å². The second-order valence-electron chi connectivity index (χ2n) is 5.71. The van der Waals surface area contributed by atoms with Crippen molar-refractivity contribution in [2.75, 3.05) is 39.9 Å². The SMILES string of the molecule is CCN(CC)CCCCNC(=O)CCCOc1ccc(OC)cc1. The zero-order valence-electron chi connectivity index (χ0n) is 15.3. The molecule has 0 radical (unpaired) electrons. The largest absolute Gasteiger partial charge is 0.497 e. The zero-order valence-corrected chi connectivity index (χ0v) is 15.3. The highest BCUT2D eigenvalue weighted by atomic mass is 16.5. The fraction of sp³-hybridized carbons (Fsp3) is 0.632. The van der Waals surface area contributed by atoms with E-state index < -0.39 is 0 Å². The molecule has 1 rings (SSSR count). The van der Waals surface area contributed by atoms with Crippen LogP contribution in [0.3, 0.4) is 0 Å². The van der Waals surface area contributed by atoms with Crippen molar-refractivity contribution in [3.63, 3.8) is 0 Å². The van der Waals surface area contributed by atoms with Gasteiger partial charge >= 0.3 is 0 Å². The van der Waals surface area contributed by atoms with Crippen molar-refractivity contribution in [1.82, 2.24) is 10.2 Å². The molecule has 0 atom stereocenters. The van der Waals surface area contributed by atoms with Gasteiger partial charge in [0, 0.05) is 13.0 Å². The Morgan fingerprint density at radius 3 is 2.33 bits per heavy atom. The van der Waals surface area contributed by atoms with Crippen LogP contribution in [-0.4, -0.2) is 50.7 Å². The summed E-state index contributed by atoms with van der Waals surface area (Å²) in [7, 11) is 1.64. The molecular formula is C19H32N2O3. The van der Waals surface area contributed by atoms with Crippen molar-refractivity contribution in [3.8, 4) is 11.5 Å². The van der Waals surface area contributed by atoms with Gasteiger partial charge in [0.25, 0.3) is 0 Å². The molecule has 0 unspecified atom stereocenters. The number of hydrogen-bond donors (Lipinski definition) is 1. The highest BCUT2D eigenvalue weighted by Crippen LogP contribution is 2.17. The van der Waals surface area contributed by atoms with Gasteiger partial charge in [-0.05, 0) is 63.2 Å². The Bertz CT molecular complexity index is 444. The summed E-state index contributed by atoms with van der Waals surface area (Å²) in [4.78, 5) is 14.2. The predicted molar refractivity (Wildman–Crippen MR) is 97.8 cm³/mol. The lowest BCUT2D eigenvalue weighted by Crippen LogP contribution is -2.27. The summed E-state index contributed by atoms with van der Waals surface area (Å²) in [5, 5.41) is 2.98. The van der Waals surface area contributed by atoms with Crippen molar-refractivity contribution < 1.29 is 14.3 Å². The smallest absolute Gasteiger partial charge is 0.220 e. The summed E-state index contributed by atoms with van der Waals surface area (Å²) in [6.07, 6.45) is 3.39. The Kier molecular flexibility index (Phi) is 10.7. The minimum absolute atomic E-state index is 0.108. The van der Waals surface area contributed by atoms with Crippen LogP contribution >= 0.6 is 0 Å². The maximum absolute atomic E-state index is 11.8. The van der Waals surface area contributed by atoms with E-state index in [0.29, 0.717) is 13.0 Å². The maximum Gasteiger partial charge on any atom is 0.220 e. The van der Waals surface area contributed by atoms with Crippen LogP contribution in [0.2, 0.25) is 0 Å². The van der Waals surface area contributed by atoms with Crippen LogP contribution in [0.4, 0.5) is 0 Å². The summed E-state index contributed by atoms with van der Waals surface area (Å²) in [6.45, 7) is 8.96. The molecule has 5 nitrogen and oxygen atoms in total. The lowest BCUT2D eigenvalue weighted by Gasteiger charge is -2.17. The monoisotopic (exact) mass is 336 g/mol. The molecule has 0 aliphatic rings. The molecule has 1 N–H and O–H groups in total. The van der Waals surface area contributed by atoms with Gasteiger partial charge in [-0.25, -0.2) is 0 Å². The van der Waals surface area contributed by atoms with Crippen LogP contribution in [0.15, 0.2) is 24.3 Å². The number of nitrogens with zero attached hydrogens (tertiary/aromatic N) is 1. The predicted octanol–water partition coefficient (Wildman–Crippen LogP) is 3.09. The number of nitrogens with one attached hydrogen (secondary N) is 1. The van der Waals surface area contributed by atoms with E-state index in [2.05, 4.69) is 24.1 Å². The van der Waals surface area contributed by atoms with Gasteiger partial charge in [-0.15, -0.1) is 0 Å². The normalized spacial score (nSPS) is 10.7. The van der Waals surface area contributed by atoms with Crippen LogP contribution in [0.1, 0.15) is 39.5 Å². The van der Waals surface area contributed by atoms with E-state index in [1.165, 1.54) is 0 Å². The second kappa shape index (κ2) is 12.6. The van der Waals surface area contributed by atoms with Crippen molar-refractivity contribution in [2.24, 2.45) is 0 Å². The number of benzene rings is 1. The van der Waals surface area contributed by atoms with Crippen LogP contribution < -0.4 is 14.8 Å². The average molecular weight is 336 g/mol. The van der Waals surface area contributed by atoms with Gasteiger partial charge in [0.05, 0.1) is 13.7 Å². The summed E-state index contributed by atoms with van der Waals surface area (Å²) in [6, 6.07) is 7.46. The Hall–Kier alpha value is -1.75. The van der Waals surface area contributed by atoms with Gasteiger partial charge in [-0.3, -0.25) is 4.79 Å². The van der Waals surface area contributed by atoms with Gasteiger partial charge in [0.1, 0.15) is 11.5 Å². The molecule has 0 aliphatic carbocycles. The third-order valence-corrected chi connectivity index (χ3v) is 3.99. The highest BCUT2D eigenvalue weighted by molar-refractivity contribution is 5.75. The Balaban J connectivity index is 2.01. The Morgan fingerprint density at radius 1 is 1.04 bits per heavy atom. The van der Waals surface area contributed by atoms with Crippen molar-refractivity contribution in [1.29, 1.82) is 0 Å². The van der Waals surface area contributed by atoms with Crippen LogP contribution in [0.5, 0.6) is 11.5 Å². The molecule has 0 saturated heterocycles. The third-order valence-electron chi connectivity index (χ3n) is 3.99. The fourth-order valence-corrected chi connectivity index (χ4v) is 2.41. The molecule has 0 spiro atoms. The Morgan fingerprint density at radius 2 is 1.71 bits per heavy atom. The first-order valence-electron chi connectivity index (χ1n) is 8.95. The van der Waals surface area contributed by atoms with Crippen molar-refractivity contribution in [2.45, 2.75) is 39.5 Å². The van der Waals surface area contributed by atoms with Gasteiger partial charge < -0.3 is 19.7 Å². The number of unbranched alkanes of at least 4 members (excludes halogenated alkanes) is 1. The lowest BCUT2D eigenvalue weighted by atomic mass is 10.2. The van der Waals surface area contributed by atoms with Gasteiger partial charge in [-0.1, -0.05) is 13.8 Å². The third kappa shape index (κ3) is 8.77. The number of amides is 1. The second-order valence-corrected chi connectivity index (χ2v) is 5.71. The van der Waals surface area contributed by atoms with E-state index in [1.807, 2.05) is 24.3 Å². The van der Waals surface area contributed by atoms with E-state index in [4.69, 9.17) is 9.47 Å². The van der Waals surface area contributed by atoms with E-state index in [1.54, 1.807) is 7.11 Å². The minimum atomic E-state index is 0.108. The number of carbonyl (C=O) groups is 1. The quantitative estimate of drug-likeness (QED) is 0.562. The molecule has 0 bridgehead atoms. The molecule has 0 fully saturated rings. The first kappa shape index (κ1) is 20.3. The zero-order chi connectivity index (χ0) is 17.6. The Labute approximate surface area is 146 Å². The van der Waals surface area contributed by atoms with Gasteiger partial charge in [0.15, 0.2) is 0 Å². The van der Waals surface area contributed by atoms with E-state index in [0.717, 1.165) is 56.9 Å². The molecule has 1 aromatic carbocycles. The first-order valence-corrected chi connectivity index (χ1v) is 8.95. The molecule has 0 saturated carbocycles.